The lowest BCUT2D eigenvalue weighted by atomic mass is 10.1. The van der Waals surface area contributed by atoms with Gasteiger partial charge >= 0.3 is 0 Å². The Balaban J connectivity index is 2.58. The first-order chi connectivity index (χ1) is 11.3. The largest absolute Gasteiger partial charge is 0.484 e. The summed E-state index contributed by atoms with van der Waals surface area (Å²) in [6.07, 6.45) is 0.920. The van der Waals surface area contributed by atoms with Crippen LogP contribution < -0.4 is 10.1 Å². The van der Waals surface area contributed by atoms with E-state index in [2.05, 4.69) is 19.2 Å². The molecule has 0 unspecified atom stereocenters. The summed E-state index contributed by atoms with van der Waals surface area (Å²) in [5.74, 6) is 0.814. The highest BCUT2D eigenvalue weighted by Crippen LogP contribution is 2.19. The number of amides is 1. The normalized spacial score (nSPS) is 11.8. The lowest BCUT2D eigenvalue weighted by Crippen LogP contribution is -2.30. The number of benzene rings is 1. The van der Waals surface area contributed by atoms with E-state index < -0.39 is 10.0 Å². The second-order valence-electron chi connectivity index (χ2n) is 5.88. The van der Waals surface area contributed by atoms with E-state index in [1.807, 2.05) is 0 Å². The zero-order chi connectivity index (χ0) is 18.2. The van der Waals surface area contributed by atoms with E-state index in [1.165, 1.54) is 16.4 Å². The van der Waals surface area contributed by atoms with Crippen LogP contribution in [0.15, 0.2) is 29.2 Å². The van der Waals surface area contributed by atoms with Crippen LogP contribution in [0.25, 0.3) is 0 Å². The van der Waals surface area contributed by atoms with Gasteiger partial charge in [0.05, 0.1) is 4.90 Å². The highest BCUT2D eigenvalue weighted by molar-refractivity contribution is 7.89. The maximum atomic E-state index is 12.4. The molecule has 0 spiro atoms. The van der Waals surface area contributed by atoms with E-state index in [0.29, 0.717) is 31.3 Å². The van der Waals surface area contributed by atoms with Crippen molar-refractivity contribution in [3.8, 4) is 5.75 Å². The van der Waals surface area contributed by atoms with Crippen molar-refractivity contribution in [2.24, 2.45) is 5.92 Å². The fourth-order valence-corrected chi connectivity index (χ4v) is 3.58. The quantitative estimate of drug-likeness (QED) is 0.698. The minimum Gasteiger partial charge on any atom is -0.484 e. The predicted octanol–water partition coefficient (Wildman–Crippen LogP) is 2.26. The molecule has 0 aliphatic rings. The molecular formula is C17H28N2O4S. The minimum absolute atomic E-state index is 0.0831. The molecule has 0 aliphatic carbocycles. The molecular weight excluding hydrogens is 328 g/mol. The second-order valence-corrected chi connectivity index (χ2v) is 7.82. The minimum atomic E-state index is -3.47. The van der Waals surface area contributed by atoms with Crippen LogP contribution in [0.2, 0.25) is 0 Å². The number of nitrogens with one attached hydrogen (secondary N) is 1. The highest BCUT2D eigenvalue weighted by Gasteiger charge is 2.21. The van der Waals surface area contributed by atoms with Gasteiger partial charge < -0.3 is 10.1 Å². The van der Waals surface area contributed by atoms with Crippen LogP contribution in [0, 0.1) is 5.92 Å². The van der Waals surface area contributed by atoms with E-state index in [4.69, 9.17) is 4.74 Å². The standard InChI is InChI=1S/C17H28N2O4S/c1-5-19(6-2)24(21,22)16-9-7-15(8-10-16)23-13-17(20)18-12-11-14(3)4/h7-10,14H,5-6,11-13H2,1-4H3,(H,18,20). The van der Waals surface area contributed by atoms with E-state index >= 15 is 0 Å². The van der Waals surface area contributed by atoms with Crippen molar-refractivity contribution in [1.82, 2.24) is 9.62 Å². The van der Waals surface area contributed by atoms with E-state index in [1.54, 1.807) is 26.0 Å². The smallest absolute Gasteiger partial charge is 0.257 e. The molecule has 1 N–H and O–H groups in total. The third kappa shape index (κ3) is 6.13. The van der Waals surface area contributed by atoms with Gasteiger partial charge in [0.25, 0.3) is 5.91 Å². The van der Waals surface area contributed by atoms with E-state index in [0.717, 1.165) is 6.42 Å². The van der Waals surface area contributed by atoms with Gasteiger partial charge in [0.2, 0.25) is 10.0 Å². The average Bonchev–Trinajstić information content (AvgIpc) is 2.54. The highest BCUT2D eigenvalue weighted by atomic mass is 32.2. The number of hydrogen-bond donors (Lipinski definition) is 1. The Bertz CT molecular complexity index is 608. The summed E-state index contributed by atoms with van der Waals surface area (Å²) in [5.41, 5.74) is 0. The number of nitrogens with zero attached hydrogens (tertiary/aromatic N) is 1. The van der Waals surface area contributed by atoms with Crippen molar-refractivity contribution < 1.29 is 17.9 Å². The molecule has 136 valence electrons. The first-order valence-corrected chi connectivity index (χ1v) is 9.75. The van der Waals surface area contributed by atoms with Crippen molar-refractivity contribution in [1.29, 1.82) is 0 Å². The fourth-order valence-electron chi connectivity index (χ4n) is 2.12. The molecule has 0 aromatic heterocycles. The monoisotopic (exact) mass is 356 g/mol. The van der Waals surface area contributed by atoms with Gasteiger partial charge in [-0.2, -0.15) is 4.31 Å². The molecule has 1 rings (SSSR count). The Morgan fingerprint density at radius 3 is 2.25 bits per heavy atom. The van der Waals surface area contributed by atoms with Crippen molar-refractivity contribution in [3.05, 3.63) is 24.3 Å². The summed E-state index contributed by atoms with van der Waals surface area (Å²) in [6, 6.07) is 6.13. The average molecular weight is 356 g/mol. The molecule has 0 saturated carbocycles. The van der Waals surface area contributed by atoms with Gasteiger partial charge in [-0.3, -0.25) is 4.79 Å². The Kier molecular flexibility index (Phi) is 8.21. The van der Waals surface area contributed by atoms with Gasteiger partial charge in [-0.1, -0.05) is 27.7 Å². The molecule has 6 nitrogen and oxygen atoms in total. The molecule has 7 heteroatoms. The van der Waals surface area contributed by atoms with E-state index in [-0.39, 0.29) is 17.4 Å². The summed E-state index contributed by atoms with van der Waals surface area (Å²) in [7, 11) is -3.47. The van der Waals surface area contributed by atoms with Gasteiger partial charge in [-0.05, 0) is 36.6 Å². The zero-order valence-corrected chi connectivity index (χ0v) is 15.7. The predicted molar refractivity (Wildman–Crippen MR) is 94.5 cm³/mol. The number of hydrogen-bond acceptors (Lipinski definition) is 4. The lowest BCUT2D eigenvalue weighted by molar-refractivity contribution is -0.123. The number of ether oxygens (including phenoxy) is 1. The van der Waals surface area contributed by atoms with Gasteiger partial charge in [-0.25, -0.2) is 8.42 Å². The third-order valence-electron chi connectivity index (χ3n) is 3.58. The second kappa shape index (κ2) is 9.64. The van der Waals surface area contributed by atoms with Crippen molar-refractivity contribution in [2.45, 2.75) is 39.0 Å². The fraction of sp³-hybridized carbons (Fsp3) is 0.588. The van der Waals surface area contributed by atoms with Gasteiger partial charge in [0, 0.05) is 19.6 Å². The summed E-state index contributed by atoms with van der Waals surface area (Å²) in [4.78, 5) is 11.9. The zero-order valence-electron chi connectivity index (χ0n) is 14.9. The molecule has 0 saturated heterocycles. The third-order valence-corrected chi connectivity index (χ3v) is 5.64. The Labute approximate surface area is 145 Å². The van der Waals surface area contributed by atoms with Crippen LogP contribution in [0.5, 0.6) is 5.75 Å². The molecule has 1 aromatic carbocycles. The number of rotatable bonds is 10. The summed E-state index contributed by atoms with van der Waals surface area (Å²) < 4.78 is 31.5. The SMILES string of the molecule is CCN(CC)S(=O)(=O)c1ccc(OCC(=O)NCCC(C)C)cc1. The molecule has 0 aliphatic heterocycles. The Hall–Kier alpha value is -1.60. The maximum absolute atomic E-state index is 12.4. The first-order valence-electron chi connectivity index (χ1n) is 8.31. The number of sulfonamides is 1. The number of carbonyl (C=O) groups excluding carboxylic acids is 1. The molecule has 1 amide bonds. The van der Waals surface area contributed by atoms with Gasteiger partial charge in [0.1, 0.15) is 5.75 Å². The van der Waals surface area contributed by atoms with Gasteiger partial charge in [0.15, 0.2) is 6.61 Å². The number of carbonyl (C=O) groups is 1. The first kappa shape index (κ1) is 20.4. The topological polar surface area (TPSA) is 75.7 Å². The van der Waals surface area contributed by atoms with Crippen LogP contribution >= 0.6 is 0 Å². The molecule has 0 fully saturated rings. The molecule has 0 radical (unpaired) electrons. The van der Waals surface area contributed by atoms with Crippen LogP contribution in [-0.4, -0.2) is 44.9 Å². The summed E-state index contributed by atoms with van der Waals surface area (Å²) in [5, 5.41) is 2.78. The lowest BCUT2D eigenvalue weighted by Gasteiger charge is -2.18. The van der Waals surface area contributed by atoms with Crippen molar-refractivity contribution >= 4 is 15.9 Å². The van der Waals surface area contributed by atoms with Crippen LogP contribution in [0.4, 0.5) is 0 Å². The molecule has 24 heavy (non-hydrogen) atoms. The van der Waals surface area contributed by atoms with E-state index in [9.17, 15) is 13.2 Å². The van der Waals surface area contributed by atoms with Crippen molar-refractivity contribution in [2.75, 3.05) is 26.2 Å². The molecule has 0 atom stereocenters. The Morgan fingerprint density at radius 1 is 1.17 bits per heavy atom. The van der Waals surface area contributed by atoms with Crippen LogP contribution in [0.1, 0.15) is 34.1 Å². The summed E-state index contributed by atoms with van der Waals surface area (Å²) in [6.45, 7) is 9.18. The van der Waals surface area contributed by atoms with Gasteiger partial charge in [-0.15, -0.1) is 0 Å². The molecule has 0 bridgehead atoms. The Morgan fingerprint density at radius 2 is 1.75 bits per heavy atom. The molecule has 1 aromatic rings. The van der Waals surface area contributed by atoms with Crippen molar-refractivity contribution in [3.63, 3.8) is 0 Å². The van der Waals surface area contributed by atoms with Crippen LogP contribution in [-0.2, 0) is 14.8 Å². The molecule has 0 heterocycles. The summed E-state index contributed by atoms with van der Waals surface area (Å²) >= 11 is 0. The maximum Gasteiger partial charge on any atom is 0.257 e. The van der Waals surface area contributed by atoms with Crippen LogP contribution in [0.3, 0.4) is 0 Å².